The van der Waals surface area contributed by atoms with Crippen LogP contribution >= 0.6 is 11.6 Å². The number of hydrazine groups is 1. The Bertz CT molecular complexity index is 546. The van der Waals surface area contributed by atoms with Gasteiger partial charge in [-0.25, -0.2) is 14.6 Å². The minimum atomic E-state index is -1.42. The minimum Gasteiger partial charge on any atom is -0.364 e. The molecule has 0 spiro atoms. The molecule has 1 saturated heterocycles. The van der Waals surface area contributed by atoms with E-state index in [4.69, 9.17) is 28.0 Å². The Kier molecular flexibility index (Phi) is 5.19. The van der Waals surface area contributed by atoms with Gasteiger partial charge >= 0.3 is 6.03 Å². The third kappa shape index (κ3) is 3.30. The van der Waals surface area contributed by atoms with E-state index >= 15 is 0 Å². The summed E-state index contributed by atoms with van der Waals surface area (Å²) in [4.78, 5) is 23.3. The van der Waals surface area contributed by atoms with E-state index in [-0.39, 0.29) is 19.4 Å². The highest BCUT2D eigenvalue weighted by Gasteiger charge is 2.45. The van der Waals surface area contributed by atoms with E-state index in [0.29, 0.717) is 0 Å². The number of halogens is 2. The summed E-state index contributed by atoms with van der Waals surface area (Å²) in [7, 11) is 0. The van der Waals surface area contributed by atoms with E-state index in [1.165, 1.54) is 0 Å². The van der Waals surface area contributed by atoms with Crippen LogP contribution in [0.3, 0.4) is 0 Å². The number of nitriles is 1. The van der Waals surface area contributed by atoms with Crippen molar-refractivity contribution in [1.82, 2.24) is 15.8 Å². The van der Waals surface area contributed by atoms with Crippen molar-refractivity contribution in [3.63, 3.8) is 0 Å². The first-order chi connectivity index (χ1) is 10.5. The van der Waals surface area contributed by atoms with Crippen LogP contribution < -0.4 is 10.7 Å². The zero-order chi connectivity index (χ0) is 16.3. The predicted octanol–water partition coefficient (Wildman–Crippen LogP) is 0.0613. The summed E-state index contributed by atoms with van der Waals surface area (Å²) in [6, 6.07) is -1.30. The molecule has 9 heteroatoms. The molecule has 1 saturated carbocycles. The van der Waals surface area contributed by atoms with Gasteiger partial charge in [-0.3, -0.25) is 15.1 Å². The van der Waals surface area contributed by atoms with Crippen LogP contribution in [0, 0.1) is 23.7 Å². The Morgan fingerprint density at radius 3 is 2.86 bits per heavy atom. The Morgan fingerprint density at radius 1 is 1.50 bits per heavy atom. The predicted molar refractivity (Wildman–Crippen MR) is 74.0 cm³/mol. The zero-order valence-electron chi connectivity index (χ0n) is 11.5. The summed E-state index contributed by atoms with van der Waals surface area (Å²) in [6.07, 6.45) is 3.25. The van der Waals surface area contributed by atoms with Gasteiger partial charge in [-0.1, -0.05) is 5.92 Å². The van der Waals surface area contributed by atoms with Crippen molar-refractivity contribution in [3.8, 4) is 18.4 Å². The molecule has 5 unspecified atom stereocenters. The second-order valence-corrected chi connectivity index (χ2v) is 5.54. The molecule has 1 aliphatic heterocycles. The summed E-state index contributed by atoms with van der Waals surface area (Å²) >= 11 is 6.05. The van der Waals surface area contributed by atoms with Crippen LogP contribution in [0.4, 0.5) is 9.18 Å². The lowest BCUT2D eigenvalue weighted by molar-refractivity contribution is -0.125. The van der Waals surface area contributed by atoms with Crippen LogP contribution in [0.2, 0.25) is 0 Å². The van der Waals surface area contributed by atoms with Crippen LogP contribution in [0.25, 0.3) is 0 Å². The number of hydrogen-bond acceptors (Lipinski definition) is 5. The summed E-state index contributed by atoms with van der Waals surface area (Å²) in [6.45, 7) is 0.0243. The van der Waals surface area contributed by atoms with E-state index in [1.807, 2.05) is 5.32 Å². The minimum absolute atomic E-state index is 0.0243. The van der Waals surface area contributed by atoms with Crippen molar-refractivity contribution in [2.24, 2.45) is 0 Å². The van der Waals surface area contributed by atoms with Crippen molar-refractivity contribution in [2.45, 2.75) is 42.6 Å². The van der Waals surface area contributed by atoms with Crippen molar-refractivity contribution in [2.75, 3.05) is 6.61 Å². The first-order valence-corrected chi connectivity index (χ1v) is 7.04. The van der Waals surface area contributed by atoms with Crippen molar-refractivity contribution in [1.29, 1.82) is 5.26 Å². The third-order valence-electron chi connectivity index (χ3n) is 3.57. The third-order valence-corrected chi connectivity index (χ3v) is 4.03. The Labute approximate surface area is 131 Å². The topological polar surface area (TPSA) is 94.5 Å². The maximum absolute atomic E-state index is 14.3. The van der Waals surface area contributed by atoms with Gasteiger partial charge < -0.3 is 4.74 Å². The molecule has 0 aromatic heterocycles. The number of ether oxygens (including phenoxy) is 1. The van der Waals surface area contributed by atoms with Gasteiger partial charge in [0.15, 0.2) is 6.04 Å². The highest BCUT2D eigenvalue weighted by molar-refractivity contribution is 6.21. The number of alkyl halides is 2. The van der Waals surface area contributed by atoms with Crippen LogP contribution in [0.5, 0.6) is 0 Å². The van der Waals surface area contributed by atoms with E-state index in [2.05, 4.69) is 11.3 Å². The van der Waals surface area contributed by atoms with Crippen molar-refractivity contribution in [3.05, 3.63) is 0 Å². The largest absolute Gasteiger partial charge is 0.364 e. The molecule has 2 fully saturated rings. The number of carbonyl (C=O) groups is 2. The van der Waals surface area contributed by atoms with Gasteiger partial charge in [0.25, 0.3) is 5.91 Å². The number of hydrogen-bond donors (Lipinski definition) is 2. The quantitative estimate of drug-likeness (QED) is 0.564. The molecule has 22 heavy (non-hydrogen) atoms. The molecular weight excluding hydrogens is 315 g/mol. The normalized spacial score (nSPS) is 35.5. The fourth-order valence-corrected chi connectivity index (χ4v) is 2.83. The highest BCUT2D eigenvalue weighted by atomic mass is 35.5. The first-order valence-electron chi connectivity index (χ1n) is 6.61. The SMILES string of the molecule is C#CCOC1CC(N2NC(C#N)C(=O)NC2=O)C(F)CC1Cl. The monoisotopic (exact) mass is 328 g/mol. The average molecular weight is 329 g/mol. The number of rotatable bonds is 3. The number of terminal acetylenes is 1. The highest BCUT2D eigenvalue weighted by Crippen LogP contribution is 2.31. The molecule has 5 atom stereocenters. The lowest BCUT2D eigenvalue weighted by Gasteiger charge is -2.42. The summed E-state index contributed by atoms with van der Waals surface area (Å²) in [5.41, 5.74) is 2.43. The molecule has 2 aliphatic rings. The molecule has 2 rings (SSSR count). The van der Waals surface area contributed by atoms with E-state index in [0.717, 1.165) is 5.01 Å². The van der Waals surface area contributed by atoms with Gasteiger partial charge in [-0.05, 0) is 12.8 Å². The Hall–Kier alpha value is -1.87. The van der Waals surface area contributed by atoms with Gasteiger partial charge in [0.2, 0.25) is 0 Å². The lowest BCUT2D eigenvalue weighted by atomic mass is 9.90. The van der Waals surface area contributed by atoms with Crippen molar-refractivity contribution < 1.29 is 18.7 Å². The molecule has 1 aliphatic carbocycles. The average Bonchev–Trinajstić information content (AvgIpc) is 2.47. The number of carbonyl (C=O) groups excluding carboxylic acids is 2. The Morgan fingerprint density at radius 2 is 2.23 bits per heavy atom. The fraction of sp³-hybridized carbons (Fsp3) is 0.615. The number of amides is 3. The van der Waals surface area contributed by atoms with E-state index < -0.39 is 41.7 Å². The second kappa shape index (κ2) is 6.93. The van der Waals surface area contributed by atoms with Gasteiger partial charge in [0.1, 0.15) is 12.8 Å². The second-order valence-electron chi connectivity index (χ2n) is 4.98. The van der Waals surface area contributed by atoms with Gasteiger partial charge in [0.05, 0.1) is 23.6 Å². The van der Waals surface area contributed by atoms with E-state index in [9.17, 15) is 14.0 Å². The maximum atomic E-state index is 14.3. The van der Waals surface area contributed by atoms with Crippen LogP contribution in [0.1, 0.15) is 12.8 Å². The number of urea groups is 1. The smallest absolute Gasteiger partial charge is 0.338 e. The number of nitrogens with zero attached hydrogens (tertiary/aromatic N) is 2. The lowest BCUT2D eigenvalue weighted by Crippen LogP contribution is -2.69. The number of nitrogens with one attached hydrogen (secondary N) is 2. The van der Waals surface area contributed by atoms with Crippen molar-refractivity contribution >= 4 is 23.5 Å². The standard InChI is InChI=1S/C13H14ClFN4O3/c1-2-3-22-11-5-10(8(15)4-7(11)14)19-13(21)17-12(20)9(6-16)18-19/h1,7-11,18H,3-5H2,(H,17,20,21). The molecule has 0 radical (unpaired) electrons. The molecule has 1 heterocycles. The maximum Gasteiger partial charge on any atom is 0.338 e. The summed E-state index contributed by atoms with van der Waals surface area (Å²) < 4.78 is 19.6. The summed E-state index contributed by atoms with van der Waals surface area (Å²) in [5.74, 6) is 1.53. The first kappa shape index (κ1) is 16.5. The van der Waals surface area contributed by atoms with Gasteiger partial charge in [-0.2, -0.15) is 5.26 Å². The molecule has 7 nitrogen and oxygen atoms in total. The molecule has 0 aromatic carbocycles. The molecular formula is C13H14ClFN4O3. The fourth-order valence-electron chi connectivity index (χ4n) is 2.48. The van der Waals surface area contributed by atoms with Crippen LogP contribution in [-0.2, 0) is 9.53 Å². The zero-order valence-corrected chi connectivity index (χ0v) is 12.2. The molecule has 3 amide bonds. The van der Waals surface area contributed by atoms with Gasteiger partial charge in [-0.15, -0.1) is 18.0 Å². The molecule has 0 bridgehead atoms. The van der Waals surface area contributed by atoms with Crippen LogP contribution in [-0.4, -0.2) is 53.3 Å². The molecule has 118 valence electrons. The van der Waals surface area contributed by atoms with Crippen LogP contribution in [0.15, 0.2) is 0 Å². The molecule has 2 N–H and O–H groups in total. The van der Waals surface area contributed by atoms with Gasteiger partial charge in [0, 0.05) is 0 Å². The number of imide groups is 1. The van der Waals surface area contributed by atoms with E-state index in [1.54, 1.807) is 6.07 Å². The summed E-state index contributed by atoms with van der Waals surface area (Å²) in [5, 5.41) is 11.2. The Balaban J connectivity index is 2.12. The molecule has 0 aromatic rings.